The Labute approximate surface area is 303 Å². The third kappa shape index (κ3) is 3.66. The minimum Gasteiger partial charge on any atom is -0.456 e. The predicted octanol–water partition coefficient (Wildman–Crippen LogP) is 15.0. The van der Waals surface area contributed by atoms with Gasteiger partial charge in [0.2, 0.25) is 0 Å². The van der Waals surface area contributed by atoms with Crippen molar-refractivity contribution in [3.8, 4) is 22.3 Å². The third-order valence-corrected chi connectivity index (χ3v) is 12.1. The highest BCUT2D eigenvalue weighted by atomic mass is 16.3. The van der Waals surface area contributed by atoms with Gasteiger partial charge in [0, 0.05) is 16.3 Å². The number of benzene rings is 12. The molecule has 53 heavy (non-hydrogen) atoms. The fraction of sp³-hybridized carbons (Fsp3) is 0. The van der Waals surface area contributed by atoms with Crippen LogP contribution in [0, 0.1) is 0 Å². The van der Waals surface area contributed by atoms with Gasteiger partial charge in [0.25, 0.3) is 0 Å². The highest BCUT2D eigenvalue weighted by molar-refractivity contribution is 6.31. The van der Waals surface area contributed by atoms with Crippen molar-refractivity contribution in [2.24, 2.45) is 0 Å². The molecular formula is C52H28O. The van der Waals surface area contributed by atoms with E-state index in [0.29, 0.717) is 0 Å². The van der Waals surface area contributed by atoms with Crippen molar-refractivity contribution in [2.75, 3.05) is 0 Å². The summed E-state index contributed by atoms with van der Waals surface area (Å²) in [7, 11) is 0. The second-order valence-electron chi connectivity index (χ2n) is 14.8. The lowest BCUT2D eigenvalue weighted by Crippen LogP contribution is -1.91. The molecule has 1 nitrogen and oxygen atoms in total. The Kier molecular flexibility index (Phi) is 5.17. The Morgan fingerprint density at radius 1 is 0.264 bits per heavy atom. The molecule has 0 saturated heterocycles. The van der Waals surface area contributed by atoms with Crippen LogP contribution in [0.4, 0.5) is 0 Å². The first-order chi connectivity index (χ1) is 26.2. The van der Waals surface area contributed by atoms with Crippen molar-refractivity contribution in [3.63, 3.8) is 0 Å². The fourth-order valence-electron chi connectivity index (χ4n) is 9.72. The molecule has 1 heteroatoms. The molecule has 0 amide bonds. The summed E-state index contributed by atoms with van der Waals surface area (Å²) in [6.45, 7) is 0. The largest absolute Gasteiger partial charge is 0.456 e. The third-order valence-electron chi connectivity index (χ3n) is 12.1. The highest BCUT2D eigenvalue weighted by Crippen LogP contribution is 2.48. The Hall–Kier alpha value is -6.96. The molecule has 12 aromatic carbocycles. The van der Waals surface area contributed by atoms with Gasteiger partial charge < -0.3 is 4.42 Å². The van der Waals surface area contributed by atoms with Crippen LogP contribution < -0.4 is 0 Å². The minimum absolute atomic E-state index is 0.916. The first kappa shape index (κ1) is 27.7. The smallest absolute Gasteiger partial charge is 0.136 e. The summed E-state index contributed by atoms with van der Waals surface area (Å²) < 4.78 is 6.79. The van der Waals surface area contributed by atoms with E-state index in [1.54, 1.807) is 0 Å². The Morgan fingerprint density at radius 3 is 1.42 bits per heavy atom. The number of hydrogen-bond acceptors (Lipinski definition) is 1. The molecule has 0 unspecified atom stereocenters. The zero-order chi connectivity index (χ0) is 34.4. The van der Waals surface area contributed by atoms with Crippen LogP contribution in [-0.4, -0.2) is 0 Å². The van der Waals surface area contributed by atoms with Crippen LogP contribution in [0.3, 0.4) is 0 Å². The first-order valence-electron chi connectivity index (χ1n) is 18.4. The zero-order valence-electron chi connectivity index (χ0n) is 28.6. The van der Waals surface area contributed by atoms with Crippen LogP contribution in [0.25, 0.3) is 130 Å². The van der Waals surface area contributed by atoms with Crippen molar-refractivity contribution in [2.45, 2.75) is 0 Å². The molecule has 0 N–H and O–H groups in total. The summed E-state index contributed by atoms with van der Waals surface area (Å²) in [4.78, 5) is 0. The van der Waals surface area contributed by atoms with Crippen LogP contribution in [0.1, 0.15) is 0 Å². The van der Waals surface area contributed by atoms with Gasteiger partial charge in [-0.25, -0.2) is 0 Å². The average Bonchev–Trinajstić information content (AvgIpc) is 3.56. The normalized spacial score (nSPS) is 12.5. The summed E-state index contributed by atoms with van der Waals surface area (Å²) in [6.07, 6.45) is 0. The number of hydrogen-bond donors (Lipinski definition) is 0. The van der Waals surface area contributed by atoms with Crippen molar-refractivity contribution in [1.29, 1.82) is 0 Å². The molecule has 0 spiro atoms. The van der Waals surface area contributed by atoms with E-state index in [9.17, 15) is 0 Å². The lowest BCUT2D eigenvalue weighted by atomic mass is 9.85. The zero-order valence-corrected chi connectivity index (χ0v) is 28.6. The van der Waals surface area contributed by atoms with E-state index in [0.717, 1.165) is 16.6 Å². The van der Waals surface area contributed by atoms with Gasteiger partial charge in [0.05, 0.1) is 0 Å². The van der Waals surface area contributed by atoms with Crippen LogP contribution in [0.15, 0.2) is 174 Å². The summed E-state index contributed by atoms with van der Waals surface area (Å²) in [5.74, 6) is 0. The number of fused-ring (bicyclic) bond motifs is 5. The van der Waals surface area contributed by atoms with E-state index >= 15 is 0 Å². The number of rotatable bonds is 2. The maximum atomic E-state index is 6.79. The van der Waals surface area contributed by atoms with Crippen molar-refractivity contribution >= 4 is 108 Å². The average molecular weight is 669 g/mol. The Balaban J connectivity index is 1.19. The SMILES string of the molecule is c1ccc2cc3c(cc2c1)oc1cc2ccc(-c4ccc5ccc6cccc7ccc4c5c67)cc2c(-c2ccc4ccc5cccc6ccc2c4c56)c13. The van der Waals surface area contributed by atoms with Gasteiger partial charge in [-0.05, 0) is 127 Å². The van der Waals surface area contributed by atoms with Crippen LogP contribution >= 0.6 is 0 Å². The molecule has 13 rings (SSSR count). The molecule has 0 aliphatic rings. The summed E-state index contributed by atoms with van der Waals surface area (Å²) in [5.41, 5.74) is 6.76. The van der Waals surface area contributed by atoms with Gasteiger partial charge in [-0.1, -0.05) is 146 Å². The maximum absolute atomic E-state index is 6.79. The fourth-order valence-corrected chi connectivity index (χ4v) is 9.72. The van der Waals surface area contributed by atoms with Gasteiger partial charge in [0.15, 0.2) is 0 Å². The van der Waals surface area contributed by atoms with Crippen molar-refractivity contribution < 1.29 is 4.42 Å². The second kappa shape index (κ2) is 9.88. The molecule has 242 valence electrons. The second-order valence-corrected chi connectivity index (χ2v) is 14.8. The van der Waals surface area contributed by atoms with Crippen LogP contribution in [0.5, 0.6) is 0 Å². The monoisotopic (exact) mass is 668 g/mol. The van der Waals surface area contributed by atoms with Gasteiger partial charge >= 0.3 is 0 Å². The van der Waals surface area contributed by atoms with Crippen molar-refractivity contribution in [3.05, 3.63) is 170 Å². The van der Waals surface area contributed by atoms with Gasteiger partial charge in [-0.15, -0.1) is 0 Å². The Bertz CT molecular complexity index is 3640. The molecule has 0 aliphatic heterocycles. The van der Waals surface area contributed by atoms with E-state index in [-0.39, 0.29) is 0 Å². The molecule has 0 bridgehead atoms. The topological polar surface area (TPSA) is 13.1 Å². The molecule has 0 atom stereocenters. The lowest BCUT2D eigenvalue weighted by Gasteiger charge is -2.18. The summed E-state index contributed by atoms with van der Waals surface area (Å²) >= 11 is 0. The number of furan rings is 1. The molecule has 0 radical (unpaired) electrons. The van der Waals surface area contributed by atoms with Gasteiger partial charge in [0.1, 0.15) is 11.2 Å². The van der Waals surface area contributed by atoms with E-state index in [1.807, 2.05) is 0 Å². The molecule has 0 fully saturated rings. The molecule has 0 aliphatic carbocycles. The Morgan fingerprint density at radius 2 is 0.755 bits per heavy atom. The first-order valence-corrected chi connectivity index (χ1v) is 18.4. The molecule has 13 aromatic rings. The van der Waals surface area contributed by atoms with Crippen LogP contribution in [-0.2, 0) is 0 Å². The lowest BCUT2D eigenvalue weighted by molar-refractivity contribution is 0.670. The van der Waals surface area contributed by atoms with E-state index < -0.39 is 0 Å². The van der Waals surface area contributed by atoms with E-state index in [4.69, 9.17) is 4.42 Å². The molecule has 1 aromatic heterocycles. The standard InChI is InChI=1S/C52H28O/c1-2-6-36-27-45-44(25-35(36)5-1)52-46(53-45)28-38-16-15-37(39-21-17-33-13-11-29-7-3-9-31-18-22-40(39)49(33)47(29)31)26-43(38)51(52)42-24-20-34-14-12-30-8-4-10-32-19-23-41(42)50(34)48(30)32/h1-28H. The summed E-state index contributed by atoms with van der Waals surface area (Å²) in [6, 6.07) is 63.3. The molecule has 1 heterocycles. The molecular weight excluding hydrogens is 641 g/mol. The van der Waals surface area contributed by atoms with Crippen LogP contribution in [0.2, 0.25) is 0 Å². The summed E-state index contributed by atoms with van der Waals surface area (Å²) in [5, 5.41) is 22.7. The van der Waals surface area contributed by atoms with Crippen molar-refractivity contribution in [1.82, 2.24) is 0 Å². The minimum atomic E-state index is 0.916. The van der Waals surface area contributed by atoms with Gasteiger partial charge in [-0.2, -0.15) is 0 Å². The van der Waals surface area contributed by atoms with Gasteiger partial charge in [-0.3, -0.25) is 0 Å². The quantitative estimate of drug-likeness (QED) is 0.167. The predicted molar refractivity (Wildman–Crippen MR) is 227 cm³/mol. The maximum Gasteiger partial charge on any atom is 0.136 e. The van der Waals surface area contributed by atoms with E-state index in [2.05, 4.69) is 170 Å². The van der Waals surface area contributed by atoms with E-state index in [1.165, 1.54) is 114 Å². The molecule has 0 saturated carbocycles. The highest BCUT2D eigenvalue weighted by Gasteiger charge is 2.22.